The Morgan fingerprint density at radius 1 is 1.05 bits per heavy atom. The molecule has 0 unspecified atom stereocenters. The fraction of sp³-hybridized carbons (Fsp3) is 0. The number of hydrogen-bond acceptors (Lipinski definition) is 2. The average molecular weight is 287 g/mol. The van der Waals surface area contributed by atoms with Crippen molar-refractivity contribution in [3.63, 3.8) is 0 Å². The number of amides is 1. The lowest BCUT2D eigenvalue weighted by Crippen LogP contribution is -2.12. The van der Waals surface area contributed by atoms with Crippen molar-refractivity contribution in [1.82, 2.24) is 9.97 Å². The van der Waals surface area contributed by atoms with Crippen LogP contribution in [0.2, 0.25) is 0 Å². The summed E-state index contributed by atoms with van der Waals surface area (Å²) in [7, 11) is 0. The summed E-state index contributed by atoms with van der Waals surface area (Å²) in [4.78, 5) is 20.0. The van der Waals surface area contributed by atoms with E-state index in [1.165, 1.54) is 0 Å². The zero-order chi connectivity index (χ0) is 14.9. The Hall–Kier alpha value is -3.14. The first-order valence-corrected chi connectivity index (χ1v) is 7.03. The van der Waals surface area contributed by atoms with Gasteiger partial charge < -0.3 is 10.3 Å². The number of aromatic amines is 1. The molecule has 4 aromatic rings. The van der Waals surface area contributed by atoms with Crippen molar-refractivity contribution in [3.8, 4) is 0 Å². The molecule has 1 amide bonds. The summed E-state index contributed by atoms with van der Waals surface area (Å²) in [5.74, 6) is -0.137. The number of aromatic nitrogens is 2. The van der Waals surface area contributed by atoms with Crippen LogP contribution in [0.15, 0.2) is 67.0 Å². The van der Waals surface area contributed by atoms with Gasteiger partial charge in [0.1, 0.15) is 0 Å². The summed E-state index contributed by atoms with van der Waals surface area (Å²) in [6, 6.07) is 17.3. The van der Waals surface area contributed by atoms with Crippen molar-refractivity contribution in [2.75, 3.05) is 5.32 Å². The minimum absolute atomic E-state index is 0.137. The molecular weight excluding hydrogens is 274 g/mol. The highest BCUT2D eigenvalue weighted by Gasteiger charge is 2.11. The lowest BCUT2D eigenvalue weighted by atomic mass is 10.1. The number of hydrogen-bond donors (Lipinski definition) is 2. The number of anilines is 1. The number of benzene rings is 2. The highest BCUT2D eigenvalue weighted by Crippen LogP contribution is 2.20. The van der Waals surface area contributed by atoms with Crippen LogP contribution in [0.25, 0.3) is 21.8 Å². The minimum Gasteiger partial charge on any atom is -0.361 e. The number of pyridine rings is 1. The van der Waals surface area contributed by atoms with Crippen LogP contribution < -0.4 is 5.32 Å². The van der Waals surface area contributed by atoms with Crippen LogP contribution in [0.5, 0.6) is 0 Å². The Morgan fingerprint density at radius 2 is 1.95 bits per heavy atom. The van der Waals surface area contributed by atoms with Gasteiger partial charge >= 0.3 is 0 Å². The Kier molecular flexibility index (Phi) is 2.86. The van der Waals surface area contributed by atoms with Crippen molar-refractivity contribution >= 4 is 33.4 Å². The van der Waals surface area contributed by atoms with Crippen molar-refractivity contribution < 1.29 is 4.79 Å². The quantitative estimate of drug-likeness (QED) is 0.586. The summed E-state index contributed by atoms with van der Waals surface area (Å²) in [5, 5.41) is 4.83. The van der Waals surface area contributed by atoms with E-state index in [1.807, 2.05) is 60.8 Å². The van der Waals surface area contributed by atoms with Crippen LogP contribution in [0, 0.1) is 0 Å². The summed E-state index contributed by atoms with van der Waals surface area (Å²) < 4.78 is 0. The fourth-order valence-corrected chi connectivity index (χ4v) is 2.62. The zero-order valence-corrected chi connectivity index (χ0v) is 11.7. The molecule has 106 valence electrons. The minimum atomic E-state index is -0.137. The van der Waals surface area contributed by atoms with E-state index in [1.54, 1.807) is 6.20 Å². The molecular formula is C18H13N3O. The van der Waals surface area contributed by atoms with Crippen LogP contribution in [0.4, 0.5) is 5.69 Å². The lowest BCUT2D eigenvalue weighted by molar-refractivity contribution is 0.102. The number of para-hydroxylation sites is 1. The van der Waals surface area contributed by atoms with Gasteiger partial charge in [0, 0.05) is 28.0 Å². The van der Waals surface area contributed by atoms with Gasteiger partial charge in [-0.25, -0.2) is 0 Å². The third-order valence-corrected chi connectivity index (χ3v) is 3.69. The van der Waals surface area contributed by atoms with E-state index in [2.05, 4.69) is 15.3 Å². The van der Waals surface area contributed by atoms with Gasteiger partial charge in [0.15, 0.2) is 0 Å². The van der Waals surface area contributed by atoms with Gasteiger partial charge in [-0.15, -0.1) is 0 Å². The van der Waals surface area contributed by atoms with Crippen LogP contribution in [-0.4, -0.2) is 15.9 Å². The molecule has 4 heteroatoms. The first-order chi connectivity index (χ1) is 10.8. The van der Waals surface area contributed by atoms with E-state index in [4.69, 9.17) is 0 Å². The summed E-state index contributed by atoms with van der Waals surface area (Å²) in [6.07, 6.45) is 3.51. The second-order valence-electron chi connectivity index (χ2n) is 5.12. The summed E-state index contributed by atoms with van der Waals surface area (Å²) >= 11 is 0. The molecule has 0 atom stereocenters. The monoisotopic (exact) mass is 287 g/mol. The van der Waals surface area contributed by atoms with E-state index < -0.39 is 0 Å². The van der Waals surface area contributed by atoms with Crippen molar-refractivity contribution in [2.45, 2.75) is 0 Å². The number of H-pyrrole nitrogens is 1. The highest BCUT2D eigenvalue weighted by atomic mass is 16.1. The Bertz CT molecular complexity index is 988. The maximum atomic E-state index is 12.5. The number of carbonyl (C=O) groups excluding carboxylic acids is 1. The molecule has 2 N–H and O–H groups in total. The number of rotatable bonds is 2. The van der Waals surface area contributed by atoms with Crippen LogP contribution in [0.1, 0.15) is 10.4 Å². The van der Waals surface area contributed by atoms with Crippen LogP contribution in [0.3, 0.4) is 0 Å². The number of fused-ring (bicyclic) bond motifs is 2. The molecule has 0 saturated carbocycles. The Labute approximate surface area is 126 Å². The van der Waals surface area contributed by atoms with Crippen molar-refractivity contribution in [3.05, 3.63) is 72.6 Å². The first kappa shape index (κ1) is 12.6. The largest absolute Gasteiger partial charge is 0.361 e. The second kappa shape index (κ2) is 5.00. The fourth-order valence-electron chi connectivity index (χ4n) is 2.62. The topological polar surface area (TPSA) is 57.8 Å². The van der Waals surface area contributed by atoms with E-state index >= 15 is 0 Å². The molecule has 2 heterocycles. The number of carbonyl (C=O) groups is 1. The molecule has 2 aromatic carbocycles. The normalized spacial score (nSPS) is 10.9. The average Bonchev–Trinajstić information content (AvgIpc) is 3.03. The van der Waals surface area contributed by atoms with Gasteiger partial charge in [-0.1, -0.05) is 24.3 Å². The molecule has 0 aliphatic rings. The SMILES string of the molecule is O=C(Nc1cnc2ccccc2c1)c1cccc2[nH]ccc12. The van der Waals surface area contributed by atoms with Gasteiger partial charge in [-0.3, -0.25) is 9.78 Å². The van der Waals surface area contributed by atoms with E-state index in [0.29, 0.717) is 11.3 Å². The van der Waals surface area contributed by atoms with Crippen molar-refractivity contribution in [1.29, 1.82) is 0 Å². The van der Waals surface area contributed by atoms with Gasteiger partial charge in [0.2, 0.25) is 0 Å². The standard InChI is InChI=1S/C18H13N3O/c22-18(15-5-3-7-17-14(15)8-9-19-17)21-13-10-12-4-1-2-6-16(12)20-11-13/h1-11,19H,(H,21,22). The molecule has 0 spiro atoms. The maximum Gasteiger partial charge on any atom is 0.256 e. The summed E-state index contributed by atoms with van der Waals surface area (Å²) in [6.45, 7) is 0. The zero-order valence-electron chi connectivity index (χ0n) is 11.7. The molecule has 0 radical (unpaired) electrons. The highest BCUT2D eigenvalue weighted by molar-refractivity contribution is 6.12. The van der Waals surface area contributed by atoms with Crippen molar-refractivity contribution in [2.24, 2.45) is 0 Å². The Morgan fingerprint density at radius 3 is 2.91 bits per heavy atom. The molecule has 4 rings (SSSR count). The molecule has 22 heavy (non-hydrogen) atoms. The first-order valence-electron chi connectivity index (χ1n) is 7.03. The van der Waals surface area contributed by atoms with Crippen LogP contribution in [-0.2, 0) is 0 Å². The predicted molar refractivity (Wildman–Crippen MR) is 88.0 cm³/mol. The van der Waals surface area contributed by atoms with Gasteiger partial charge in [-0.2, -0.15) is 0 Å². The lowest BCUT2D eigenvalue weighted by Gasteiger charge is -2.07. The van der Waals surface area contributed by atoms with Gasteiger partial charge in [-0.05, 0) is 30.3 Å². The molecule has 2 aromatic heterocycles. The van der Waals surface area contributed by atoms with E-state index in [0.717, 1.165) is 21.8 Å². The van der Waals surface area contributed by atoms with Crippen LogP contribution >= 0.6 is 0 Å². The third kappa shape index (κ3) is 2.11. The second-order valence-corrected chi connectivity index (χ2v) is 5.12. The molecule has 0 fully saturated rings. The van der Waals surface area contributed by atoms with E-state index in [9.17, 15) is 4.79 Å². The Balaban J connectivity index is 1.69. The smallest absolute Gasteiger partial charge is 0.256 e. The molecule has 0 aliphatic heterocycles. The van der Waals surface area contributed by atoms with Gasteiger partial charge in [0.05, 0.1) is 17.4 Å². The third-order valence-electron chi connectivity index (χ3n) is 3.69. The molecule has 0 saturated heterocycles. The maximum absolute atomic E-state index is 12.5. The molecule has 0 bridgehead atoms. The van der Waals surface area contributed by atoms with Gasteiger partial charge in [0.25, 0.3) is 5.91 Å². The van der Waals surface area contributed by atoms with E-state index in [-0.39, 0.29) is 5.91 Å². The molecule has 4 nitrogen and oxygen atoms in total. The number of nitrogens with one attached hydrogen (secondary N) is 2. The summed E-state index contributed by atoms with van der Waals surface area (Å²) in [5.41, 5.74) is 3.20. The molecule has 0 aliphatic carbocycles. The number of nitrogens with zero attached hydrogens (tertiary/aromatic N) is 1. The predicted octanol–water partition coefficient (Wildman–Crippen LogP) is 3.97.